The van der Waals surface area contributed by atoms with Crippen molar-refractivity contribution in [1.29, 1.82) is 0 Å². The van der Waals surface area contributed by atoms with Crippen molar-refractivity contribution in [2.75, 3.05) is 14.2 Å². The molecule has 24 heavy (non-hydrogen) atoms. The summed E-state index contributed by atoms with van der Waals surface area (Å²) in [7, 11) is 1.02. The summed E-state index contributed by atoms with van der Waals surface area (Å²) in [4.78, 5) is 28.6. The Kier molecular flexibility index (Phi) is 6.83. The highest BCUT2D eigenvalue weighted by Crippen LogP contribution is 2.40. The van der Waals surface area contributed by atoms with Gasteiger partial charge in [-0.1, -0.05) is 20.8 Å². The van der Waals surface area contributed by atoms with Gasteiger partial charge in [0.2, 0.25) is 0 Å². The van der Waals surface area contributed by atoms with Crippen LogP contribution in [0.1, 0.15) is 40.0 Å². The van der Waals surface area contributed by atoms with Crippen LogP contribution in [0.15, 0.2) is 0 Å². The van der Waals surface area contributed by atoms with Gasteiger partial charge in [0.25, 0.3) is 5.91 Å². The molecule has 2 N–H and O–H groups in total. The fraction of sp³-hybridized carbons (Fsp3) is 0.875. The topological polar surface area (TPSA) is 88.1 Å². The van der Waals surface area contributed by atoms with Gasteiger partial charge in [-0.3, -0.25) is 9.63 Å². The second-order valence-corrected chi connectivity index (χ2v) is 12.8. The van der Waals surface area contributed by atoms with Crippen LogP contribution in [0.4, 0.5) is 4.79 Å². The van der Waals surface area contributed by atoms with Gasteiger partial charge in [0.15, 0.2) is 8.32 Å². The Morgan fingerprint density at radius 3 is 2.29 bits per heavy atom. The normalized spacial score (nSPS) is 25.2. The third-order valence-electron chi connectivity index (χ3n) is 5.28. The maximum Gasteiger partial charge on any atom is 0.404 e. The lowest BCUT2D eigenvalue weighted by Crippen LogP contribution is -2.53. The number of nitrogens with zero attached hydrogens (tertiary/aromatic N) is 1. The van der Waals surface area contributed by atoms with E-state index in [0.717, 1.165) is 11.5 Å². The van der Waals surface area contributed by atoms with Gasteiger partial charge in [-0.2, -0.15) is 0 Å². The van der Waals surface area contributed by atoms with Crippen LogP contribution in [0.2, 0.25) is 18.1 Å². The fourth-order valence-corrected chi connectivity index (χ4v) is 4.16. The van der Waals surface area contributed by atoms with Gasteiger partial charge in [-0.15, -0.1) is 0 Å². The molecular weight excluding hydrogens is 328 g/mol. The first-order valence-corrected chi connectivity index (χ1v) is 11.3. The monoisotopic (exact) mass is 360 g/mol. The van der Waals surface area contributed by atoms with Gasteiger partial charge in [-0.25, -0.2) is 9.86 Å². The van der Waals surface area contributed by atoms with E-state index >= 15 is 0 Å². The molecule has 3 atom stereocenters. The van der Waals surface area contributed by atoms with Crippen molar-refractivity contribution >= 4 is 20.3 Å². The Morgan fingerprint density at radius 1 is 1.25 bits per heavy atom. The lowest BCUT2D eigenvalue weighted by Gasteiger charge is -2.43. The van der Waals surface area contributed by atoms with Crippen LogP contribution in [-0.2, 0) is 14.1 Å². The van der Waals surface area contributed by atoms with Crippen molar-refractivity contribution < 1.29 is 24.0 Å². The van der Waals surface area contributed by atoms with E-state index < -0.39 is 26.4 Å². The Hall–Kier alpha value is -1.12. The van der Waals surface area contributed by atoms with Crippen LogP contribution >= 0.6 is 0 Å². The molecular formula is C16H32N2O5Si. The first-order valence-electron chi connectivity index (χ1n) is 8.38. The molecule has 140 valence electrons. The van der Waals surface area contributed by atoms with Crippen molar-refractivity contribution in [3.05, 3.63) is 0 Å². The van der Waals surface area contributed by atoms with Gasteiger partial charge in [0, 0.05) is 19.2 Å². The number of hydrogen-bond donors (Lipinski definition) is 2. The predicted octanol–water partition coefficient (Wildman–Crippen LogP) is 2.83. The van der Waals surface area contributed by atoms with E-state index in [-0.39, 0.29) is 17.0 Å². The van der Waals surface area contributed by atoms with Crippen LogP contribution in [0.5, 0.6) is 0 Å². The predicted molar refractivity (Wildman–Crippen MR) is 94.1 cm³/mol. The second kappa shape index (κ2) is 7.84. The van der Waals surface area contributed by atoms with Crippen LogP contribution in [0.25, 0.3) is 0 Å². The number of hydroxylamine groups is 2. The van der Waals surface area contributed by atoms with E-state index in [9.17, 15) is 9.59 Å². The molecule has 1 aliphatic carbocycles. The van der Waals surface area contributed by atoms with Crippen LogP contribution in [-0.4, -0.2) is 56.8 Å². The molecule has 0 aromatic rings. The van der Waals surface area contributed by atoms with E-state index in [4.69, 9.17) is 14.4 Å². The van der Waals surface area contributed by atoms with Gasteiger partial charge < -0.3 is 14.8 Å². The van der Waals surface area contributed by atoms with Crippen molar-refractivity contribution in [3.8, 4) is 0 Å². The highest BCUT2D eigenvalue weighted by molar-refractivity contribution is 6.74. The number of carbonyl (C=O) groups excluding carboxylic acids is 1. The van der Waals surface area contributed by atoms with Gasteiger partial charge in [0.05, 0.1) is 13.0 Å². The Balaban J connectivity index is 2.89. The van der Waals surface area contributed by atoms with Crippen LogP contribution in [0.3, 0.4) is 0 Å². The molecule has 7 nitrogen and oxygen atoms in total. The van der Waals surface area contributed by atoms with Crippen LogP contribution in [0, 0.1) is 5.92 Å². The zero-order valence-corrected chi connectivity index (χ0v) is 16.9. The molecule has 0 aliphatic heterocycles. The largest absolute Gasteiger partial charge is 0.465 e. The zero-order chi connectivity index (χ0) is 18.7. The smallest absolute Gasteiger partial charge is 0.404 e. The Morgan fingerprint density at radius 2 is 1.83 bits per heavy atom. The highest BCUT2D eigenvalue weighted by Gasteiger charge is 2.43. The number of amides is 2. The van der Waals surface area contributed by atoms with Gasteiger partial charge in [-0.05, 0) is 37.4 Å². The highest BCUT2D eigenvalue weighted by atomic mass is 28.4. The molecule has 1 fully saturated rings. The SMILES string of the molecule is CON(C)C(=O)[C@@H]1C[C@H](O[Si](C)(C)C(C)(C)C)CC[C@@H]1NC(=O)O. The molecule has 0 aromatic carbocycles. The Labute approximate surface area is 145 Å². The standard InChI is InChI=1S/C16H32N2O5Si/c1-16(2,3)24(6,7)23-11-8-9-13(17-15(20)21)12(10-11)14(19)18(4)22-5/h11-13,17H,8-10H2,1-7H3,(H,20,21)/t11-,12-,13+/m1/s1. The number of hydrogen-bond acceptors (Lipinski definition) is 4. The van der Waals surface area contributed by atoms with Crippen molar-refractivity contribution in [2.45, 2.75) is 70.3 Å². The van der Waals surface area contributed by atoms with Crippen molar-refractivity contribution in [2.24, 2.45) is 5.92 Å². The molecule has 1 saturated carbocycles. The molecule has 0 bridgehead atoms. The van der Waals surface area contributed by atoms with Crippen molar-refractivity contribution in [3.63, 3.8) is 0 Å². The maximum absolute atomic E-state index is 12.6. The minimum Gasteiger partial charge on any atom is -0.465 e. The van der Waals surface area contributed by atoms with E-state index in [0.29, 0.717) is 12.8 Å². The average molecular weight is 361 g/mol. The third-order valence-corrected chi connectivity index (χ3v) is 9.81. The van der Waals surface area contributed by atoms with E-state index in [2.05, 4.69) is 39.2 Å². The molecule has 0 heterocycles. The van der Waals surface area contributed by atoms with Crippen LogP contribution < -0.4 is 5.32 Å². The first kappa shape index (κ1) is 20.9. The minimum atomic E-state index is -1.94. The summed E-state index contributed by atoms with van der Waals surface area (Å²) < 4.78 is 6.44. The molecule has 0 radical (unpaired) electrons. The molecule has 0 saturated heterocycles. The summed E-state index contributed by atoms with van der Waals surface area (Å²) in [6.45, 7) is 10.9. The quantitative estimate of drug-likeness (QED) is 0.581. The van der Waals surface area contributed by atoms with E-state index in [1.165, 1.54) is 7.11 Å². The summed E-state index contributed by atoms with van der Waals surface area (Å²) in [6.07, 6.45) is 0.695. The third kappa shape index (κ3) is 5.19. The summed E-state index contributed by atoms with van der Waals surface area (Å²) in [5.41, 5.74) is 0. The number of carboxylic acid groups (broad SMARTS) is 1. The van der Waals surface area contributed by atoms with Gasteiger partial charge in [0.1, 0.15) is 0 Å². The summed E-state index contributed by atoms with van der Waals surface area (Å²) in [6, 6.07) is -0.410. The fourth-order valence-electron chi connectivity index (χ4n) is 2.76. The van der Waals surface area contributed by atoms with Gasteiger partial charge >= 0.3 is 6.09 Å². The zero-order valence-electron chi connectivity index (χ0n) is 15.9. The molecule has 8 heteroatoms. The van der Waals surface area contributed by atoms with E-state index in [1.54, 1.807) is 7.05 Å². The average Bonchev–Trinajstić information content (AvgIpc) is 2.45. The summed E-state index contributed by atoms with van der Waals surface area (Å²) >= 11 is 0. The summed E-state index contributed by atoms with van der Waals surface area (Å²) in [5, 5.41) is 12.8. The summed E-state index contributed by atoms with van der Waals surface area (Å²) in [5.74, 6) is -0.700. The minimum absolute atomic E-state index is 0.0306. The number of rotatable bonds is 5. The second-order valence-electron chi connectivity index (χ2n) is 7.99. The number of nitrogens with one attached hydrogen (secondary N) is 1. The lowest BCUT2D eigenvalue weighted by atomic mass is 9.82. The number of carbonyl (C=O) groups is 2. The molecule has 1 aliphatic rings. The first-order chi connectivity index (χ1) is 10.9. The molecule has 2 amide bonds. The maximum atomic E-state index is 12.6. The molecule has 0 aromatic heterocycles. The molecule has 1 rings (SSSR count). The van der Waals surface area contributed by atoms with E-state index in [1.807, 2.05) is 0 Å². The lowest BCUT2D eigenvalue weighted by molar-refractivity contribution is -0.176. The Bertz CT molecular complexity index is 464. The van der Waals surface area contributed by atoms with Crippen molar-refractivity contribution in [1.82, 2.24) is 10.4 Å². The molecule has 0 unspecified atom stereocenters. The molecule has 0 spiro atoms.